The average Bonchev–Trinajstić information content (AvgIpc) is 2.74. The van der Waals surface area contributed by atoms with Gasteiger partial charge in [-0.05, 0) is 18.6 Å². The number of aromatic nitrogens is 1. The minimum absolute atomic E-state index is 0.111. The molecule has 1 amide bonds. The van der Waals surface area contributed by atoms with Crippen molar-refractivity contribution in [3.8, 4) is 5.88 Å². The van der Waals surface area contributed by atoms with Gasteiger partial charge in [-0.3, -0.25) is 4.79 Å². The quantitative estimate of drug-likeness (QED) is 0.702. The Morgan fingerprint density at radius 3 is 3.12 bits per heavy atom. The summed E-state index contributed by atoms with van der Waals surface area (Å²) in [7, 11) is 1.53. The highest BCUT2D eigenvalue weighted by molar-refractivity contribution is 5.78. The van der Waals surface area contributed by atoms with Gasteiger partial charge in [-0.25, -0.2) is 0 Å². The minimum Gasteiger partial charge on any atom is -0.479 e. The highest BCUT2D eigenvalue weighted by Gasteiger charge is 2.20. The largest absolute Gasteiger partial charge is 0.479 e. The fourth-order valence-electron chi connectivity index (χ4n) is 1.77. The van der Waals surface area contributed by atoms with Gasteiger partial charge in [-0.2, -0.15) is 4.98 Å². The van der Waals surface area contributed by atoms with E-state index in [0.29, 0.717) is 30.4 Å². The van der Waals surface area contributed by atoms with E-state index in [4.69, 9.17) is 10.5 Å². The summed E-state index contributed by atoms with van der Waals surface area (Å²) in [6.07, 6.45) is 1.46. The van der Waals surface area contributed by atoms with Gasteiger partial charge >= 0.3 is 0 Å². The smallest absolute Gasteiger partial charge is 0.238 e. The first kappa shape index (κ1) is 11.5. The number of anilines is 2. The highest BCUT2D eigenvalue weighted by Crippen LogP contribution is 2.20. The van der Waals surface area contributed by atoms with Crippen molar-refractivity contribution in [2.45, 2.75) is 18.9 Å². The third kappa shape index (κ3) is 2.77. The van der Waals surface area contributed by atoms with E-state index >= 15 is 0 Å². The van der Waals surface area contributed by atoms with Gasteiger partial charge in [0.25, 0.3) is 0 Å². The molecule has 0 radical (unpaired) electrons. The van der Waals surface area contributed by atoms with Gasteiger partial charge in [0.1, 0.15) is 5.82 Å². The molecule has 1 saturated heterocycles. The van der Waals surface area contributed by atoms with Crippen LogP contribution in [0.1, 0.15) is 12.8 Å². The molecule has 0 aromatic carbocycles. The van der Waals surface area contributed by atoms with E-state index in [1.54, 1.807) is 12.1 Å². The van der Waals surface area contributed by atoms with E-state index in [-0.39, 0.29) is 11.9 Å². The van der Waals surface area contributed by atoms with Gasteiger partial charge in [0.2, 0.25) is 11.8 Å². The summed E-state index contributed by atoms with van der Waals surface area (Å²) in [6, 6.07) is 3.70. The topological polar surface area (TPSA) is 89.3 Å². The van der Waals surface area contributed by atoms with Crippen molar-refractivity contribution < 1.29 is 9.53 Å². The summed E-state index contributed by atoms with van der Waals surface area (Å²) in [4.78, 5) is 15.2. The molecule has 0 spiro atoms. The maximum absolute atomic E-state index is 11.0. The molecule has 1 fully saturated rings. The molecule has 1 aliphatic heterocycles. The molecule has 0 bridgehead atoms. The lowest BCUT2D eigenvalue weighted by Crippen LogP contribution is -2.31. The fraction of sp³-hybridized carbons (Fsp3) is 0.455. The van der Waals surface area contributed by atoms with Crippen LogP contribution in [0, 0.1) is 0 Å². The number of carbonyl (C=O) groups excluding carboxylic acids is 1. The van der Waals surface area contributed by atoms with Crippen LogP contribution in [0.5, 0.6) is 5.88 Å². The van der Waals surface area contributed by atoms with Gasteiger partial charge in [0.05, 0.1) is 12.8 Å². The van der Waals surface area contributed by atoms with E-state index in [2.05, 4.69) is 15.6 Å². The Kier molecular flexibility index (Phi) is 3.32. The van der Waals surface area contributed by atoms with Crippen molar-refractivity contribution in [3.05, 3.63) is 12.1 Å². The van der Waals surface area contributed by atoms with Crippen molar-refractivity contribution in [1.29, 1.82) is 0 Å². The van der Waals surface area contributed by atoms with Crippen molar-refractivity contribution in [2.24, 2.45) is 0 Å². The number of rotatable bonds is 4. The van der Waals surface area contributed by atoms with Crippen molar-refractivity contribution in [1.82, 2.24) is 10.3 Å². The van der Waals surface area contributed by atoms with Gasteiger partial charge < -0.3 is 21.1 Å². The molecule has 17 heavy (non-hydrogen) atoms. The zero-order valence-corrected chi connectivity index (χ0v) is 9.69. The maximum Gasteiger partial charge on any atom is 0.238 e. The predicted octanol–water partition coefficient (Wildman–Crippen LogP) is 0.363. The minimum atomic E-state index is 0.111. The van der Waals surface area contributed by atoms with Crippen LogP contribution in [-0.4, -0.2) is 30.6 Å². The van der Waals surface area contributed by atoms with Crippen LogP contribution in [0.25, 0.3) is 0 Å². The Hall–Kier alpha value is -1.98. The molecule has 6 heteroatoms. The van der Waals surface area contributed by atoms with Gasteiger partial charge in [-0.1, -0.05) is 0 Å². The van der Waals surface area contributed by atoms with Crippen LogP contribution >= 0.6 is 0 Å². The van der Waals surface area contributed by atoms with Crippen molar-refractivity contribution in [3.63, 3.8) is 0 Å². The Morgan fingerprint density at radius 2 is 2.47 bits per heavy atom. The van der Waals surface area contributed by atoms with Crippen LogP contribution in [0.2, 0.25) is 0 Å². The summed E-state index contributed by atoms with van der Waals surface area (Å²) >= 11 is 0. The number of hydrogen-bond acceptors (Lipinski definition) is 5. The number of hydrogen-bond donors (Lipinski definition) is 3. The second kappa shape index (κ2) is 4.90. The summed E-state index contributed by atoms with van der Waals surface area (Å²) in [5, 5.41) is 6.03. The molecular weight excluding hydrogens is 220 g/mol. The highest BCUT2D eigenvalue weighted by atomic mass is 16.5. The third-order valence-electron chi connectivity index (χ3n) is 2.70. The standard InChI is InChI=1S/C11H16N4O2/c1-17-11-8(12)3-4-9(15-11)13-6-7-2-5-10(16)14-7/h3-4,7H,2,5-6,12H2,1H3,(H,13,15)(H,14,16). The zero-order chi connectivity index (χ0) is 12.3. The first-order chi connectivity index (χ1) is 8.19. The number of nitrogens with one attached hydrogen (secondary N) is 2. The Bertz CT molecular complexity index is 422. The molecule has 4 N–H and O–H groups in total. The summed E-state index contributed by atoms with van der Waals surface area (Å²) in [6.45, 7) is 0.659. The normalized spacial score (nSPS) is 18.9. The Balaban J connectivity index is 1.92. The Morgan fingerprint density at radius 1 is 1.65 bits per heavy atom. The van der Waals surface area contributed by atoms with E-state index in [1.165, 1.54) is 7.11 Å². The number of pyridine rings is 1. The lowest BCUT2D eigenvalue weighted by molar-refractivity contribution is -0.119. The first-order valence-corrected chi connectivity index (χ1v) is 5.53. The first-order valence-electron chi connectivity index (χ1n) is 5.53. The van der Waals surface area contributed by atoms with Crippen LogP contribution in [0.15, 0.2) is 12.1 Å². The molecule has 0 aliphatic carbocycles. The van der Waals surface area contributed by atoms with Crippen molar-refractivity contribution >= 4 is 17.4 Å². The summed E-state index contributed by atoms with van der Waals surface area (Å²) < 4.78 is 5.03. The van der Waals surface area contributed by atoms with Crippen LogP contribution in [0.3, 0.4) is 0 Å². The maximum atomic E-state index is 11.0. The Labute approximate surface area is 99.5 Å². The van der Waals surface area contributed by atoms with E-state index in [9.17, 15) is 4.79 Å². The lowest BCUT2D eigenvalue weighted by Gasteiger charge is -2.12. The average molecular weight is 236 g/mol. The number of methoxy groups -OCH3 is 1. The second-order valence-corrected chi connectivity index (χ2v) is 3.98. The van der Waals surface area contributed by atoms with E-state index in [0.717, 1.165) is 6.42 Å². The number of ether oxygens (including phenoxy) is 1. The molecule has 2 rings (SSSR count). The summed E-state index contributed by atoms with van der Waals surface area (Å²) in [5.74, 6) is 1.21. The van der Waals surface area contributed by atoms with Crippen molar-refractivity contribution in [2.75, 3.05) is 24.7 Å². The molecule has 1 atom stereocenters. The van der Waals surface area contributed by atoms with E-state index < -0.39 is 0 Å². The third-order valence-corrected chi connectivity index (χ3v) is 2.70. The second-order valence-electron chi connectivity index (χ2n) is 3.98. The molecule has 1 aromatic rings. The van der Waals surface area contributed by atoms with Gasteiger partial charge in [0, 0.05) is 19.0 Å². The van der Waals surface area contributed by atoms with Crippen LogP contribution in [-0.2, 0) is 4.79 Å². The van der Waals surface area contributed by atoms with Gasteiger partial charge in [0.15, 0.2) is 0 Å². The predicted molar refractivity (Wildman–Crippen MR) is 64.9 cm³/mol. The zero-order valence-electron chi connectivity index (χ0n) is 9.69. The van der Waals surface area contributed by atoms with Crippen LogP contribution < -0.4 is 21.1 Å². The molecule has 6 nitrogen and oxygen atoms in total. The van der Waals surface area contributed by atoms with E-state index in [1.807, 2.05) is 0 Å². The molecular formula is C11H16N4O2. The molecule has 1 unspecified atom stereocenters. The molecule has 1 aromatic heterocycles. The molecule has 2 heterocycles. The SMILES string of the molecule is COc1nc(NCC2CCC(=O)N2)ccc1N. The fourth-order valence-corrected chi connectivity index (χ4v) is 1.77. The number of nitrogen functional groups attached to an aromatic ring is 1. The lowest BCUT2D eigenvalue weighted by atomic mass is 10.2. The number of amides is 1. The molecule has 0 saturated carbocycles. The number of nitrogens with two attached hydrogens (primary N) is 1. The molecule has 1 aliphatic rings. The monoisotopic (exact) mass is 236 g/mol. The number of carbonyl (C=O) groups is 1. The number of nitrogens with zero attached hydrogens (tertiary/aromatic N) is 1. The van der Waals surface area contributed by atoms with Gasteiger partial charge in [-0.15, -0.1) is 0 Å². The van der Waals surface area contributed by atoms with Crippen LogP contribution in [0.4, 0.5) is 11.5 Å². The molecule has 92 valence electrons. The summed E-state index contributed by atoms with van der Waals surface area (Å²) in [5.41, 5.74) is 6.17.